The van der Waals surface area contributed by atoms with Crippen LogP contribution in [0.1, 0.15) is 44.7 Å². The van der Waals surface area contributed by atoms with Gasteiger partial charge in [-0.05, 0) is 66.9 Å². The summed E-state index contributed by atoms with van der Waals surface area (Å²) in [6.07, 6.45) is 11.3. The maximum absolute atomic E-state index is 12.5. The first kappa shape index (κ1) is 35.4. The van der Waals surface area contributed by atoms with E-state index in [9.17, 15) is 29.1 Å². The number of barbiturate groups is 1. The molecule has 4 rings (SSSR count). The van der Waals surface area contributed by atoms with Gasteiger partial charge in [0.25, 0.3) is 17.4 Å². The lowest BCUT2D eigenvalue weighted by atomic mass is 9.97. The number of rotatable bonds is 8. The Morgan fingerprint density at radius 1 is 0.761 bits per heavy atom. The van der Waals surface area contributed by atoms with Crippen LogP contribution < -0.4 is 11.2 Å². The molecule has 2 aliphatic rings. The molecular formula is C35H43N5O6. The van der Waals surface area contributed by atoms with Crippen molar-refractivity contribution in [1.29, 1.82) is 0 Å². The number of carbonyl (C=O) groups is 3. The molecule has 0 atom stereocenters. The van der Waals surface area contributed by atoms with Crippen LogP contribution in [0.4, 0.5) is 4.79 Å². The van der Waals surface area contributed by atoms with E-state index >= 15 is 0 Å². The number of amides is 4. The van der Waals surface area contributed by atoms with Crippen LogP contribution in [0.5, 0.6) is 5.88 Å². The van der Waals surface area contributed by atoms with Crippen LogP contribution in [0.3, 0.4) is 0 Å². The van der Waals surface area contributed by atoms with Gasteiger partial charge in [0.05, 0.1) is 0 Å². The fourth-order valence-electron chi connectivity index (χ4n) is 5.23. The SMILES string of the molecule is CCN(CC)CC.CN1C(=O)C(=C/C=C/C2=C(c3ccccc3)C(=C/C=C/c3c(O)n(C)c(=O)n(C)c3=O)/CC2)C(=O)N(C)C1=O. The molecule has 11 heteroatoms. The molecule has 2 heterocycles. The summed E-state index contributed by atoms with van der Waals surface area (Å²) in [7, 11) is 5.39. The molecular weight excluding hydrogens is 586 g/mol. The van der Waals surface area contributed by atoms with Gasteiger partial charge in [-0.2, -0.15) is 0 Å². The van der Waals surface area contributed by atoms with Gasteiger partial charge in [0, 0.05) is 28.2 Å². The molecule has 2 aromatic rings. The summed E-state index contributed by atoms with van der Waals surface area (Å²) in [5.74, 6) is -1.73. The molecule has 1 N–H and O–H groups in total. The van der Waals surface area contributed by atoms with Gasteiger partial charge in [0.15, 0.2) is 0 Å². The average molecular weight is 630 g/mol. The Kier molecular flexibility index (Phi) is 12.2. The van der Waals surface area contributed by atoms with Gasteiger partial charge in [-0.1, -0.05) is 75.4 Å². The molecule has 1 fully saturated rings. The minimum absolute atomic E-state index is 0.00154. The summed E-state index contributed by atoms with van der Waals surface area (Å²) in [5.41, 5.74) is 2.58. The summed E-state index contributed by atoms with van der Waals surface area (Å²) in [6.45, 7) is 10.1. The summed E-state index contributed by atoms with van der Waals surface area (Å²) >= 11 is 0. The molecule has 11 nitrogen and oxygen atoms in total. The summed E-state index contributed by atoms with van der Waals surface area (Å²) < 4.78 is 1.94. The van der Waals surface area contributed by atoms with Gasteiger partial charge in [0.2, 0.25) is 5.88 Å². The number of imide groups is 2. The molecule has 46 heavy (non-hydrogen) atoms. The van der Waals surface area contributed by atoms with Gasteiger partial charge in [0.1, 0.15) is 11.1 Å². The Hall–Kier alpha value is -5.03. The van der Waals surface area contributed by atoms with Crippen LogP contribution in [0.15, 0.2) is 87.0 Å². The molecule has 1 aromatic carbocycles. The van der Waals surface area contributed by atoms with Crippen molar-refractivity contribution in [3.8, 4) is 5.88 Å². The topological polar surface area (TPSA) is 125 Å². The van der Waals surface area contributed by atoms with Crippen molar-refractivity contribution >= 4 is 29.5 Å². The van der Waals surface area contributed by atoms with E-state index in [1.165, 1.54) is 60.0 Å². The number of hydrogen-bond acceptors (Lipinski definition) is 7. The highest BCUT2D eigenvalue weighted by molar-refractivity contribution is 6.28. The standard InChI is InChI=1S/C29H28N4O6.C6H15N/c1-30-24(34)21(25(35)31(2)28(30)38)14-8-12-19-16-17-20(23(19)18-10-6-5-7-11-18)13-9-15-22-26(36)32(3)29(39)33(4)27(22)37;1-4-7(5-2)6-3/h5-15,34H,16-17H2,1-4H3;4-6H2,1-3H3/b13-9+,14-8+,19-12+;. The maximum Gasteiger partial charge on any atom is 0.333 e. The Labute approximate surface area is 269 Å². The number of nitrogens with zero attached hydrogens (tertiary/aromatic N) is 5. The first-order chi connectivity index (χ1) is 21.9. The predicted molar refractivity (Wildman–Crippen MR) is 180 cm³/mol. The van der Waals surface area contributed by atoms with Gasteiger partial charge < -0.3 is 10.0 Å². The summed E-state index contributed by atoms with van der Waals surface area (Å²) in [4.78, 5) is 65.6. The molecule has 1 aromatic heterocycles. The van der Waals surface area contributed by atoms with Crippen molar-refractivity contribution in [2.75, 3.05) is 33.7 Å². The van der Waals surface area contributed by atoms with Gasteiger partial charge in [-0.3, -0.25) is 33.3 Å². The number of allylic oxidation sites excluding steroid dienone is 8. The summed E-state index contributed by atoms with van der Waals surface area (Å²) in [6, 6.07) is 9.03. The molecule has 0 spiro atoms. The van der Waals surface area contributed by atoms with E-state index < -0.39 is 35.0 Å². The van der Waals surface area contributed by atoms with Crippen LogP contribution >= 0.6 is 0 Å². The molecule has 1 aliphatic heterocycles. The van der Waals surface area contributed by atoms with Crippen LogP contribution in [0.2, 0.25) is 0 Å². The fourth-order valence-corrected chi connectivity index (χ4v) is 5.23. The minimum atomic E-state index is -0.678. The molecule has 1 aliphatic carbocycles. The average Bonchev–Trinajstić information content (AvgIpc) is 3.48. The largest absolute Gasteiger partial charge is 0.494 e. The van der Waals surface area contributed by atoms with E-state index in [2.05, 4.69) is 25.7 Å². The summed E-state index contributed by atoms with van der Waals surface area (Å²) in [5, 5.41) is 10.3. The van der Waals surface area contributed by atoms with Crippen molar-refractivity contribution in [1.82, 2.24) is 23.8 Å². The smallest absolute Gasteiger partial charge is 0.333 e. The Morgan fingerprint density at radius 3 is 1.87 bits per heavy atom. The first-order valence-electron chi connectivity index (χ1n) is 15.2. The molecule has 1 saturated heterocycles. The Bertz CT molecular complexity index is 1720. The third-order valence-corrected chi connectivity index (χ3v) is 8.14. The highest BCUT2D eigenvalue weighted by Crippen LogP contribution is 2.39. The van der Waals surface area contributed by atoms with Gasteiger partial charge in [-0.15, -0.1) is 0 Å². The van der Waals surface area contributed by atoms with Crippen LogP contribution in [-0.2, 0) is 23.7 Å². The van der Waals surface area contributed by atoms with Crippen molar-refractivity contribution in [3.63, 3.8) is 0 Å². The Balaban J connectivity index is 0.000000738. The van der Waals surface area contributed by atoms with Crippen LogP contribution in [0.25, 0.3) is 11.6 Å². The quantitative estimate of drug-likeness (QED) is 0.347. The van der Waals surface area contributed by atoms with Crippen LogP contribution in [0, 0.1) is 0 Å². The normalized spacial score (nSPS) is 16.5. The van der Waals surface area contributed by atoms with E-state index in [0.717, 1.165) is 41.2 Å². The van der Waals surface area contributed by atoms with Gasteiger partial charge in [-0.25, -0.2) is 9.59 Å². The number of hydrogen-bond donors (Lipinski definition) is 1. The van der Waals surface area contributed by atoms with E-state index in [1.54, 1.807) is 12.2 Å². The third-order valence-electron chi connectivity index (χ3n) is 8.14. The second kappa shape index (κ2) is 15.8. The van der Waals surface area contributed by atoms with Crippen molar-refractivity contribution < 1.29 is 19.5 Å². The highest BCUT2D eigenvalue weighted by atomic mass is 16.3. The number of aromatic nitrogens is 2. The zero-order chi connectivity index (χ0) is 34.1. The van der Waals surface area contributed by atoms with Crippen molar-refractivity contribution in [3.05, 3.63) is 109 Å². The zero-order valence-corrected chi connectivity index (χ0v) is 27.6. The van der Waals surface area contributed by atoms with E-state index in [4.69, 9.17) is 0 Å². The monoisotopic (exact) mass is 629 g/mol. The molecule has 0 bridgehead atoms. The molecule has 0 unspecified atom stereocenters. The highest BCUT2D eigenvalue weighted by Gasteiger charge is 2.37. The molecule has 0 saturated carbocycles. The lowest BCUT2D eigenvalue weighted by Crippen LogP contribution is -2.52. The number of benzene rings is 1. The lowest BCUT2D eigenvalue weighted by molar-refractivity contribution is -0.134. The molecule has 4 amide bonds. The minimum Gasteiger partial charge on any atom is -0.494 e. The maximum atomic E-state index is 12.5. The zero-order valence-electron chi connectivity index (χ0n) is 27.6. The lowest BCUT2D eigenvalue weighted by Gasteiger charge is -2.28. The third kappa shape index (κ3) is 7.60. The Morgan fingerprint density at radius 2 is 1.33 bits per heavy atom. The number of carbonyl (C=O) groups excluding carboxylic acids is 3. The fraction of sp³-hybridized carbons (Fsp3) is 0.343. The second-order valence-corrected chi connectivity index (χ2v) is 10.8. The van der Waals surface area contributed by atoms with E-state index in [0.29, 0.717) is 12.8 Å². The van der Waals surface area contributed by atoms with Crippen molar-refractivity contribution in [2.24, 2.45) is 14.1 Å². The number of likely N-dealkylation sites (N-methyl/N-ethyl adjacent to an activating group) is 2. The van der Waals surface area contributed by atoms with Crippen molar-refractivity contribution in [2.45, 2.75) is 33.6 Å². The van der Waals surface area contributed by atoms with E-state index in [1.807, 2.05) is 42.5 Å². The molecule has 0 radical (unpaired) electrons. The van der Waals surface area contributed by atoms with Crippen LogP contribution in [-0.4, -0.2) is 80.5 Å². The number of aromatic hydroxyl groups is 1. The first-order valence-corrected chi connectivity index (χ1v) is 15.2. The van der Waals surface area contributed by atoms with E-state index in [-0.39, 0.29) is 11.1 Å². The predicted octanol–water partition coefficient (Wildman–Crippen LogP) is 3.86. The second-order valence-electron chi connectivity index (χ2n) is 10.8. The van der Waals surface area contributed by atoms with Gasteiger partial charge >= 0.3 is 11.7 Å². The number of urea groups is 1. The molecule has 244 valence electrons.